The number of nitrogens with one attached hydrogen (secondary N) is 3. The molecular formula is C9H12N4O2S. The fraction of sp³-hybridized carbons (Fsp3) is 0.444. The van der Waals surface area contributed by atoms with Crippen molar-refractivity contribution in [2.45, 2.75) is 19.0 Å². The summed E-state index contributed by atoms with van der Waals surface area (Å²) in [7, 11) is 0. The maximum Gasteiger partial charge on any atom is 0.279 e. The lowest BCUT2D eigenvalue weighted by molar-refractivity contribution is -0.122. The lowest BCUT2D eigenvalue weighted by atomic mass is 10.2. The van der Waals surface area contributed by atoms with Gasteiger partial charge < -0.3 is 15.6 Å². The molecule has 7 heteroatoms. The van der Waals surface area contributed by atoms with Crippen molar-refractivity contribution in [3.05, 3.63) is 18.2 Å². The molecule has 0 aromatic carbocycles. The highest BCUT2D eigenvalue weighted by molar-refractivity contribution is 8.14. The molecule has 1 aromatic heterocycles. The topological polar surface area (TPSA) is 86.9 Å². The van der Waals surface area contributed by atoms with Crippen LogP contribution < -0.4 is 10.6 Å². The van der Waals surface area contributed by atoms with E-state index in [-0.39, 0.29) is 17.2 Å². The van der Waals surface area contributed by atoms with Gasteiger partial charge in [-0.15, -0.1) is 0 Å². The number of carbonyl (C=O) groups excluding carboxylic acids is 2. The van der Waals surface area contributed by atoms with Gasteiger partial charge in [0.25, 0.3) is 5.24 Å². The van der Waals surface area contributed by atoms with Gasteiger partial charge in [0, 0.05) is 18.1 Å². The zero-order valence-electron chi connectivity index (χ0n) is 8.69. The van der Waals surface area contributed by atoms with Gasteiger partial charge in [0.05, 0.1) is 6.04 Å². The Bertz CT molecular complexity index is 392. The summed E-state index contributed by atoms with van der Waals surface area (Å²) < 4.78 is 0. The normalized spacial score (nSPS) is 21.6. The van der Waals surface area contributed by atoms with E-state index in [1.54, 1.807) is 12.4 Å². The largest absolute Gasteiger partial charge is 0.347 e. The van der Waals surface area contributed by atoms with Crippen LogP contribution in [-0.4, -0.2) is 32.9 Å². The first-order chi connectivity index (χ1) is 7.66. The lowest BCUT2D eigenvalue weighted by Crippen LogP contribution is -2.43. The molecule has 2 heterocycles. The Morgan fingerprint density at radius 1 is 1.75 bits per heavy atom. The minimum Gasteiger partial charge on any atom is -0.347 e. The number of aromatic nitrogens is 2. The van der Waals surface area contributed by atoms with Crippen molar-refractivity contribution in [2.24, 2.45) is 0 Å². The van der Waals surface area contributed by atoms with Crippen LogP contribution in [0.3, 0.4) is 0 Å². The highest BCUT2D eigenvalue weighted by Crippen LogP contribution is 2.14. The van der Waals surface area contributed by atoms with E-state index < -0.39 is 6.04 Å². The van der Waals surface area contributed by atoms with Crippen LogP contribution in [0.15, 0.2) is 12.4 Å². The number of amides is 2. The summed E-state index contributed by atoms with van der Waals surface area (Å²) >= 11 is 1.12. The van der Waals surface area contributed by atoms with Gasteiger partial charge in [-0.1, -0.05) is 11.8 Å². The highest BCUT2D eigenvalue weighted by atomic mass is 32.2. The standard InChI is InChI=1S/C9H12N4O2S/c1-5(7-10-2-3-11-7)12-8(14)6-4-16-9(15)13-6/h2-3,5-6H,4H2,1H3,(H,10,11)(H,12,14)(H,13,15). The van der Waals surface area contributed by atoms with E-state index >= 15 is 0 Å². The maximum absolute atomic E-state index is 11.7. The van der Waals surface area contributed by atoms with Crippen molar-refractivity contribution in [3.8, 4) is 0 Å². The van der Waals surface area contributed by atoms with Crippen molar-refractivity contribution >= 4 is 22.9 Å². The van der Waals surface area contributed by atoms with Gasteiger partial charge in [0.1, 0.15) is 11.9 Å². The van der Waals surface area contributed by atoms with Gasteiger partial charge in [-0.3, -0.25) is 9.59 Å². The Morgan fingerprint density at radius 2 is 2.56 bits per heavy atom. The molecular weight excluding hydrogens is 228 g/mol. The zero-order chi connectivity index (χ0) is 11.5. The summed E-state index contributed by atoms with van der Waals surface area (Å²) in [5.74, 6) is 1.00. The van der Waals surface area contributed by atoms with Crippen LogP contribution in [0.25, 0.3) is 0 Å². The first-order valence-corrected chi connectivity index (χ1v) is 5.88. The predicted molar refractivity (Wildman–Crippen MR) is 59.9 cm³/mol. The highest BCUT2D eigenvalue weighted by Gasteiger charge is 2.28. The fourth-order valence-corrected chi connectivity index (χ4v) is 2.20. The average molecular weight is 240 g/mol. The number of hydrogen-bond donors (Lipinski definition) is 3. The van der Waals surface area contributed by atoms with Crippen molar-refractivity contribution in [1.29, 1.82) is 0 Å². The molecule has 3 N–H and O–H groups in total. The quantitative estimate of drug-likeness (QED) is 0.714. The smallest absolute Gasteiger partial charge is 0.279 e. The number of imidazole rings is 1. The number of nitrogens with zero attached hydrogens (tertiary/aromatic N) is 1. The third-order valence-electron chi connectivity index (χ3n) is 2.28. The second-order valence-corrected chi connectivity index (χ2v) is 4.49. The van der Waals surface area contributed by atoms with Crippen LogP contribution in [0.1, 0.15) is 18.8 Å². The molecule has 1 aliphatic heterocycles. The minimum absolute atomic E-state index is 0.147. The molecule has 2 unspecified atom stereocenters. The van der Waals surface area contributed by atoms with E-state index in [2.05, 4.69) is 20.6 Å². The average Bonchev–Trinajstić information content (AvgIpc) is 2.87. The Kier molecular flexibility index (Phi) is 3.14. The van der Waals surface area contributed by atoms with Gasteiger partial charge >= 0.3 is 0 Å². The van der Waals surface area contributed by atoms with Crippen LogP contribution in [0.5, 0.6) is 0 Å². The van der Waals surface area contributed by atoms with Crippen LogP contribution in [0.2, 0.25) is 0 Å². The summed E-state index contributed by atoms with van der Waals surface area (Å²) in [6.45, 7) is 1.83. The second kappa shape index (κ2) is 4.56. The van der Waals surface area contributed by atoms with Crippen LogP contribution in [-0.2, 0) is 4.79 Å². The van der Waals surface area contributed by atoms with Crippen molar-refractivity contribution in [1.82, 2.24) is 20.6 Å². The molecule has 86 valence electrons. The van der Waals surface area contributed by atoms with Gasteiger partial charge in [-0.25, -0.2) is 4.98 Å². The number of carbonyl (C=O) groups is 2. The van der Waals surface area contributed by atoms with Crippen LogP contribution in [0.4, 0.5) is 4.79 Å². The first-order valence-electron chi connectivity index (χ1n) is 4.90. The number of H-pyrrole nitrogens is 1. The van der Waals surface area contributed by atoms with Crippen molar-refractivity contribution in [2.75, 3.05) is 5.75 Å². The SMILES string of the molecule is CC(NC(=O)C1CSC(=O)N1)c1ncc[nH]1. The minimum atomic E-state index is -0.435. The molecule has 0 radical (unpaired) electrons. The van der Waals surface area contributed by atoms with E-state index in [0.717, 1.165) is 11.8 Å². The number of hydrogen-bond acceptors (Lipinski definition) is 4. The number of aromatic amines is 1. The van der Waals surface area contributed by atoms with E-state index in [1.165, 1.54) is 0 Å². The van der Waals surface area contributed by atoms with Crippen LogP contribution >= 0.6 is 11.8 Å². The fourth-order valence-electron chi connectivity index (χ4n) is 1.42. The van der Waals surface area contributed by atoms with Crippen molar-refractivity contribution < 1.29 is 9.59 Å². The molecule has 2 amide bonds. The van der Waals surface area contributed by atoms with E-state index in [1.807, 2.05) is 6.92 Å². The molecule has 2 rings (SSSR count). The third-order valence-corrected chi connectivity index (χ3v) is 3.16. The Labute approximate surface area is 96.6 Å². The molecule has 6 nitrogen and oxygen atoms in total. The summed E-state index contributed by atoms with van der Waals surface area (Å²) in [5.41, 5.74) is 0. The maximum atomic E-state index is 11.7. The molecule has 16 heavy (non-hydrogen) atoms. The van der Waals surface area contributed by atoms with Gasteiger partial charge in [-0.05, 0) is 6.92 Å². The second-order valence-electron chi connectivity index (χ2n) is 3.50. The molecule has 0 aliphatic carbocycles. The Balaban J connectivity index is 1.90. The number of thioether (sulfide) groups is 1. The third kappa shape index (κ3) is 2.35. The zero-order valence-corrected chi connectivity index (χ0v) is 9.50. The summed E-state index contributed by atoms with van der Waals surface area (Å²) in [6, 6.07) is -0.625. The van der Waals surface area contributed by atoms with E-state index in [4.69, 9.17) is 0 Å². The molecule has 1 saturated heterocycles. The van der Waals surface area contributed by atoms with E-state index in [9.17, 15) is 9.59 Å². The molecule has 0 saturated carbocycles. The molecule has 2 atom stereocenters. The lowest BCUT2D eigenvalue weighted by Gasteiger charge is -2.14. The summed E-state index contributed by atoms with van der Waals surface area (Å²) in [5, 5.41) is 5.22. The van der Waals surface area contributed by atoms with Gasteiger partial charge in [0.2, 0.25) is 5.91 Å². The number of rotatable bonds is 3. The Morgan fingerprint density at radius 3 is 3.12 bits per heavy atom. The van der Waals surface area contributed by atoms with Gasteiger partial charge in [0.15, 0.2) is 0 Å². The van der Waals surface area contributed by atoms with Crippen LogP contribution in [0, 0.1) is 0 Å². The molecule has 1 aromatic rings. The summed E-state index contributed by atoms with van der Waals surface area (Å²) in [4.78, 5) is 29.6. The molecule has 0 bridgehead atoms. The first kappa shape index (κ1) is 11.0. The van der Waals surface area contributed by atoms with Crippen molar-refractivity contribution in [3.63, 3.8) is 0 Å². The summed E-state index contributed by atoms with van der Waals surface area (Å²) in [6.07, 6.45) is 3.33. The van der Waals surface area contributed by atoms with Gasteiger partial charge in [-0.2, -0.15) is 0 Å². The van der Waals surface area contributed by atoms with E-state index in [0.29, 0.717) is 11.6 Å². The Hall–Kier alpha value is -1.50. The molecule has 0 spiro atoms. The monoisotopic (exact) mass is 240 g/mol. The molecule has 1 fully saturated rings. The molecule has 1 aliphatic rings. The predicted octanol–water partition coefficient (Wildman–Crippen LogP) is 0.412.